The Hall–Kier alpha value is -1.51. The van der Waals surface area contributed by atoms with E-state index in [1.165, 1.54) is 11.1 Å². The van der Waals surface area contributed by atoms with Gasteiger partial charge in [0.2, 0.25) is 0 Å². The minimum absolute atomic E-state index is 0.521. The van der Waals surface area contributed by atoms with Crippen LogP contribution in [-0.2, 0) is 0 Å². The molecule has 1 heterocycles. The summed E-state index contributed by atoms with van der Waals surface area (Å²) in [5.41, 5.74) is 5.21. The second-order valence-corrected chi connectivity index (χ2v) is 5.56. The van der Waals surface area contributed by atoms with Gasteiger partial charge in [0.25, 0.3) is 0 Å². The van der Waals surface area contributed by atoms with E-state index >= 15 is 0 Å². The molecular formula is C15H12Cl2N2. The Morgan fingerprint density at radius 1 is 0.895 bits per heavy atom. The molecule has 0 radical (unpaired) electrons. The maximum atomic E-state index is 6.01. The molecule has 0 saturated heterocycles. The molecule has 1 N–H and O–H groups in total. The van der Waals surface area contributed by atoms with Crippen molar-refractivity contribution >= 4 is 34.2 Å². The minimum Gasteiger partial charge on any atom is -0.338 e. The maximum Gasteiger partial charge on any atom is 0.138 e. The summed E-state index contributed by atoms with van der Waals surface area (Å²) in [5, 5.41) is 1.05. The van der Waals surface area contributed by atoms with Gasteiger partial charge in [-0.25, -0.2) is 4.98 Å². The Bertz CT molecular complexity index is 716. The van der Waals surface area contributed by atoms with Crippen molar-refractivity contribution in [2.24, 2.45) is 0 Å². The van der Waals surface area contributed by atoms with E-state index < -0.39 is 0 Å². The molecule has 96 valence electrons. The molecule has 0 amide bonds. The summed E-state index contributed by atoms with van der Waals surface area (Å²) in [6.45, 7) is 4.15. The summed E-state index contributed by atoms with van der Waals surface area (Å²) in [4.78, 5) is 7.85. The largest absolute Gasteiger partial charge is 0.338 e. The standard InChI is InChI=1S/C15H12Cl2N2/c1-8-3-9(2)5-10(4-8)15-18-13-6-11(16)12(17)7-14(13)19-15/h3-7H,1-2H3,(H,18,19). The summed E-state index contributed by atoms with van der Waals surface area (Å²) in [7, 11) is 0. The van der Waals surface area contributed by atoms with E-state index in [-0.39, 0.29) is 0 Å². The molecule has 2 nitrogen and oxygen atoms in total. The van der Waals surface area contributed by atoms with Gasteiger partial charge in [0.15, 0.2) is 0 Å². The van der Waals surface area contributed by atoms with Crippen LogP contribution in [0.5, 0.6) is 0 Å². The third kappa shape index (κ3) is 2.34. The lowest BCUT2D eigenvalue weighted by atomic mass is 10.1. The zero-order valence-electron chi connectivity index (χ0n) is 10.6. The van der Waals surface area contributed by atoms with Crippen molar-refractivity contribution in [2.45, 2.75) is 13.8 Å². The van der Waals surface area contributed by atoms with Crippen molar-refractivity contribution in [3.63, 3.8) is 0 Å². The first-order valence-electron chi connectivity index (χ1n) is 5.96. The predicted octanol–water partition coefficient (Wildman–Crippen LogP) is 5.15. The molecular weight excluding hydrogens is 279 g/mol. The number of rotatable bonds is 1. The molecule has 0 unspecified atom stereocenters. The van der Waals surface area contributed by atoms with E-state index in [0.717, 1.165) is 22.4 Å². The van der Waals surface area contributed by atoms with E-state index in [2.05, 4.69) is 42.0 Å². The average molecular weight is 291 g/mol. The molecule has 0 atom stereocenters. The van der Waals surface area contributed by atoms with Crippen molar-refractivity contribution < 1.29 is 0 Å². The van der Waals surface area contributed by atoms with Gasteiger partial charge in [-0.1, -0.05) is 40.4 Å². The summed E-state index contributed by atoms with van der Waals surface area (Å²) in [6, 6.07) is 9.93. The highest BCUT2D eigenvalue weighted by molar-refractivity contribution is 6.42. The number of imidazole rings is 1. The highest BCUT2D eigenvalue weighted by Crippen LogP contribution is 2.29. The minimum atomic E-state index is 0.521. The third-order valence-corrected chi connectivity index (χ3v) is 3.74. The van der Waals surface area contributed by atoms with Crippen LogP contribution in [0.2, 0.25) is 10.0 Å². The lowest BCUT2D eigenvalue weighted by Gasteiger charge is -2.01. The Balaban J connectivity index is 2.20. The van der Waals surface area contributed by atoms with Gasteiger partial charge in [-0.3, -0.25) is 0 Å². The van der Waals surface area contributed by atoms with Crippen molar-refractivity contribution in [3.05, 3.63) is 51.5 Å². The molecule has 0 fully saturated rings. The summed E-state index contributed by atoms with van der Waals surface area (Å²) in [6.07, 6.45) is 0. The first-order valence-corrected chi connectivity index (χ1v) is 6.72. The van der Waals surface area contributed by atoms with Gasteiger partial charge in [-0.15, -0.1) is 0 Å². The number of hydrogen-bond acceptors (Lipinski definition) is 1. The number of nitrogens with one attached hydrogen (secondary N) is 1. The highest BCUT2D eigenvalue weighted by Gasteiger charge is 2.08. The van der Waals surface area contributed by atoms with Gasteiger partial charge in [-0.2, -0.15) is 0 Å². The second-order valence-electron chi connectivity index (χ2n) is 4.75. The fraction of sp³-hybridized carbons (Fsp3) is 0.133. The number of nitrogens with zero attached hydrogens (tertiary/aromatic N) is 1. The van der Waals surface area contributed by atoms with Crippen LogP contribution in [0.25, 0.3) is 22.4 Å². The number of halogens is 2. The monoisotopic (exact) mass is 290 g/mol. The third-order valence-electron chi connectivity index (χ3n) is 3.02. The van der Waals surface area contributed by atoms with Crippen molar-refractivity contribution in [2.75, 3.05) is 0 Å². The molecule has 0 saturated carbocycles. The molecule has 3 aromatic rings. The lowest BCUT2D eigenvalue weighted by molar-refractivity contribution is 1.30. The van der Waals surface area contributed by atoms with E-state index in [1.807, 2.05) is 0 Å². The molecule has 1 aromatic heterocycles. The van der Waals surface area contributed by atoms with Crippen LogP contribution in [0.1, 0.15) is 11.1 Å². The summed E-state index contributed by atoms with van der Waals surface area (Å²) in [5.74, 6) is 0.833. The van der Waals surface area contributed by atoms with Crippen LogP contribution in [0.4, 0.5) is 0 Å². The van der Waals surface area contributed by atoms with Gasteiger partial charge in [0.1, 0.15) is 5.82 Å². The molecule has 0 aliphatic heterocycles. The average Bonchev–Trinajstić information content (AvgIpc) is 2.71. The molecule has 0 spiro atoms. The Labute approximate surface area is 121 Å². The smallest absolute Gasteiger partial charge is 0.138 e. The second kappa shape index (κ2) is 4.55. The number of fused-ring (bicyclic) bond motifs is 1. The Morgan fingerprint density at radius 2 is 1.53 bits per heavy atom. The van der Waals surface area contributed by atoms with Gasteiger partial charge >= 0.3 is 0 Å². The van der Waals surface area contributed by atoms with Gasteiger partial charge in [-0.05, 0) is 38.1 Å². The normalized spacial score (nSPS) is 11.2. The Kier molecular flexibility index (Phi) is 3.00. The SMILES string of the molecule is Cc1cc(C)cc(-c2nc3cc(Cl)c(Cl)cc3[nH]2)c1. The van der Waals surface area contributed by atoms with Crippen LogP contribution >= 0.6 is 23.2 Å². The van der Waals surface area contributed by atoms with E-state index in [0.29, 0.717) is 10.0 Å². The van der Waals surface area contributed by atoms with Crippen molar-refractivity contribution in [1.29, 1.82) is 0 Å². The number of hydrogen-bond donors (Lipinski definition) is 1. The Morgan fingerprint density at radius 3 is 2.21 bits per heavy atom. The van der Waals surface area contributed by atoms with Crippen molar-refractivity contribution in [3.8, 4) is 11.4 Å². The predicted molar refractivity (Wildman–Crippen MR) is 81.0 cm³/mol. The first-order chi connectivity index (χ1) is 9.02. The van der Waals surface area contributed by atoms with Crippen molar-refractivity contribution in [1.82, 2.24) is 9.97 Å². The number of aryl methyl sites for hydroxylation is 2. The topological polar surface area (TPSA) is 28.7 Å². The molecule has 3 rings (SSSR count). The highest BCUT2D eigenvalue weighted by atomic mass is 35.5. The fourth-order valence-corrected chi connectivity index (χ4v) is 2.57. The quantitative estimate of drug-likeness (QED) is 0.659. The molecule has 4 heteroatoms. The van der Waals surface area contributed by atoms with Crippen LogP contribution in [0, 0.1) is 13.8 Å². The molecule has 0 aliphatic rings. The van der Waals surface area contributed by atoms with Crippen LogP contribution in [0.3, 0.4) is 0 Å². The summed E-state index contributed by atoms with van der Waals surface area (Å²) >= 11 is 12.0. The van der Waals surface area contributed by atoms with Gasteiger partial charge in [0, 0.05) is 5.56 Å². The van der Waals surface area contributed by atoms with E-state index in [4.69, 9.17) is 23.2 Å². The first kappa shape index (κ1) is 12.5. The number of aromatic nitrogens is 2. The van der Waals surface area contributed by atoms with E-state index in [1.54, 1.807) is 12.1 Å². The van der Waals surface area contributed by atoms with Crippen LogP contribution in [0.15, 0.2) is 30.3 Å². The molecule has 0 aliphatic carbocycles. The zero-order chi connectivity index (χ0) is 13.6. The van der Waals surface area contributed by atoms with Crippen LogP contribution in [-0.4, -0.2) is 9.97 Å². The zero-order valence-corrected chi connectivity index (χ0v) is 12.1. The summed E-state index contributed by atoms with van der Waals surface area (Å²) < 4.78 is 0. The molecule has 19 heavy (non-hydrogen) atoms. The van der Waals surface area contributed by atoms with Crippen LogP contribution < -0.4 is 0 Å². The maximum absolute atomic E-state index is 6.01. The fourth-order valence-electron chi connectivity index (χ4n) is 2.25. The number of aromatic amines is 1. The van der Waals surface area contributed by atoms with Gasteiger partial charge in [0.05, 0.1) is 21.1 Å². The lowest BCUT2D eigenvalue weighted by Crippen LogP contribution is -1.84. The van der Waals surface area contributed by atoms with E-state index in [9.17, 15) is 0 Å². The van der Waals surface area contributed by atoms with Gasteiger partial charge < -0.3 is 4.98 Å². The molecule has 0 bridgehead atoms. The molecule has 2 aromatic carbocycles. The number of H-pyrrole nitrogens is 1. The number of benzene rings is 2.